The van der Waals surface area contributed by atoms with E-state index in [9.17, 15) is 4.79 Å². The van der Waals surface area contributed by atoms with Crippen molar-refractivity contribution in [3.05, 3.63) is 0 Å². The van der Waals surface area contributed by atoms with E-state index >= 15 is 0 Å². The van der Waals surface area contributed by atoms with Crippen LogP contribution in [0.2, 0.25) is 0 Å². The summed E-state index contributed by atoms with van der Waals surface area (Å²) in [7, 11) is 0. The Labute approximate surface area is 113 Å². The van der Waals surface area contributed by atoms with Crippen LogP contribution in [0, 0.1) is 0 Å². The van der Waals surface area contributed by atoms with Crippen LogP contribution in [0.3, 0.4) is 0 Å². The zero-order valence-corrected chi connectivity index (χ0v) is 12.0. The summed E-state index contributed by atoms with van der Waals surface area (Å²) in [5.74, 6) is 0.511. The van der Waals surface area contributed by atoms with Crippen molar-refractivity contribution in [2.75, 3.05) is 0 Å². The van der Waals surface area contributed by atoms with Gasteiger partial charge in [-0.25, -0.2) is 0 Å². The average Bonchev–Trinajstić information content (AvgIpc) is 2.32. The SMILES string of the molecule is O.O=C1CCCCCCCCCCCCCCC1. The summed E-state index contributed by atoms with van der Waals surface area (Å²) >= 11 is 0. The third-order valence-electron chi connectivity index (χ3n) is 3.91. The van der Waals surface area contributed by atoms with Gasteiger partial charge in [-0.05, 0) is 12.8 Å². The minimum Gasteiger partial charge on any atom is -0.412 e. The fourth-order valence-electron chi connectivity index (χ4n) is 2.71. The first-order valence-corrected chi connectivity index (χ1v) is 7.91. The molecule has 1 aliphatic rings. The monoisotopic (exact) mass is 256 g/mol. The van der Waals surface area contributed by atoms with Crippen LogP contribution in [0.15, 0.2) is 0 Å². The molecule has 2 nitrogen and oxygen atoms in total. The van der Waals surface area contributed by atoms with Gasteiger partial charge in [-0.1, -0.05) is 70.6 Å². The molecule has 0 amide bonds. The number of carbonyl (C=O) groups excluding carboxylic acids is 1. The molecule has 0 radical (unpaired) electrons. The Bertz CT molecular complexity index is 172. The topological polar surface area (TPSA) is 48.6 Å². The molecule has 2 N–H and O–H groups in total. The fourth-order valence-corrected chi connectivity index (χ4v) is 2.71. The molecular weight excluding hydrogens is 224 g/mol. The average molecular weight is 256 g/mol. The number of Topliss-reactive ketones (excluding diaryl/α,β-unsaturated/α-hetero) is 1. The quantitative estimate of drug-likeness (QED) is 0.625. The number of rotatable bonds is 0. The van der Waals surface area contributed by atoms with Gasteiger partial charge in [0.2, 0.25) is 0 Å². The van der Waals surface area contributed by atoms with Gasteiger partial charge in [-0.3, -0.25) is 4.79 Å². The second kappa shape index (κ2) is 13.1. The van der Waals surface area contributed by atoms with Crippen molar-refractivity contribution in [1.29, 1.82) is 0 Å². The van der Waals surface area contributed by atoms with Crippen LogP contribution in [0.5, 0.6) is 0 Å². The fraction of sp³-hybridized carbons (Fsp3) is 0.938. The number of hydrogen-bond acceptors (Lipinski definition) is 1. The zero-order valence-electron chi connectivity index (χ0n) is 12.0. The Morgan fingerprint density at radius 3 is 0.944 bits per heavy atom. The highest BCUT2D eigenvalue weighted by Gasteiger charge is 2.02. The maximum Gasteiger partial charge on any atom is 0.132 e. The van der Waals surface area contributed by atoms with Gasteiger partial charge in [-0.2, -0.15) is 0 Å². The van der Waals surface area contributed by atoms with Gasteiger partial charge in [-0.15, -0.1) is 0 Å². The van der Waals surface area contributed by atoms with E-state index in [1.807, 2.05) is 0 Å². The van der Waals surface area contributed by atoms with E-state index in [-0.39, 0.29) is 5.48 Å². The van der Waals surface area contributed by atoms with Crippen LogP contribution in [0.25, 0.3) is 0 Å². The van der Waals surface area contributed by atoms with E-state index in [4.69, 9.17) is 0 Å². The first-order chi connectivity index (χ1) is 8.39. The first-order valence-electron chi connectivity index (χ1n) is 7.91. The van der Waals surface area contributed by atoms with Crippen molar-refractivity contribution in [2.24, 2.45) is 0 Å². The van der Waals surface area contributed by atoms with E-state index in [2.05, 4.69) is 0 Å². The Balaban J connectivity index is 0.00000289. The maximum absolute atomic E-state index is 11.6. The van der Waals surface area contributed by atoms with Gasteiger partial charge in [0.05, 0.1) is 0 Å². The molecule has 0 aliphatic heterocycles. The van der Waals surface area contributed by atoms with Crippen LogP contribution in [-0.4, -0.2) is 11.3 Å². The lowest BCUT2D eigenvalue weighted by Crippen LogP contribution is -1.97. The molecule has 0 atom stereocenters. The van der Waals surface area contributed by atoms with Crippen molar-refractivity contribution >= 4 is 5.78 Å². The van der Waals surface area contributed by atoms with Crippen LogP contribution in [-0.2, 0) is 4.79 Å². The first kappa shape index (κ1) is 17.6. The summed E-state index contributed by atoms with van der Waals surface area (Å²) in [5, 5.41) is 0. The highest BCUT2D eigenvalue weighted by molar-refractivity contribution is 5.78. The Morgan fingerprint density at radius 2 is 0.667 bits per heavy atom. The maximum atomic E-state index is 11.6. The van der Waals surface area contributed by atoms with E-state index in [0.717, 1.165) is 25.7 Å². The summed E-state index contributed by atoms with van der Waals surface area (Å²) < 4.78 is 0. The van der Waals surface area contributed by atoms with E-state index in [0.29, 0.717) is 5.78 Å². The van der Waals surface area contributed by atoms with Crippen LogP contribution in [0.4, 0.5) is 0 Å². The predicted molar refractivity (Wildman–Crippen MR) is 77.9 cm³/mol. The van der Waals surface area contributed by atoms with Crippen molar-refractivity contribution in [3.8, 4) is 0 Å². The third kappa shape index (κ3) is 10.8. The van der Waals surface area contributed by atoms with Crippen molar-refractivity contribution < 1.29 is 10.3 Å². The lowest BCUT2D eigenvalue weighted by molar-refractivity contribution is -0.119. The number of carbonyl (C=O) groups is 1. The van der Waals surface area contributed by atoms with Crippen molar-refractivity contribution in [1.82, 2.24) is 0 Å². The minimum absolute atomic E-state index is 0. The van der Waals surface area contributed by atoms with Gasteiger partial charge in [0.1, 0.15) is 5.78 Å². The zero-order chi connectivity index (χ0) is 12.2. The molecule has 1 aliphatic carbocycles. The summed E-state index contributed by atoms with van der Waals surface area (Å²) in [4.78, 5) is 11.6. The largest absolute Gasteiger partial charge is 0.412 e. The minimum atomic E-state index is 0. The molecule has 0 aromatic heterocycles. The molecule has 1 fully saturated rings. The molecule has 0 bridgehead atoms. The summed E-state index contributed by atoms with van der Waals surface area (Å²) in [6.45, 7) is 0. The molecule has 0 heterocycles. The van der Waals surface area contributed by atoms with E-state index in [1.54, 1.807) is 0 Å². The molecule has 1 rings (SSSR count). The highest BCUT2D eigenvalue weighted by Crippen LogP contribution is 2.15. The van der Waals surface area contributed by atoms with Crippen LogP contribution in [0.1, 0.15) is 96.3 Å². The summed E-state index contributed by atoms with van der Waals surface area (Å²) in [5.41, 5.74) is 0. The molecule has 0 aromatic rings. The molecule has 2 heteroatoms. The van der Waals surface area contributed by atoms with Gasteiger partial charge in [0, 0.05) is 12.8 Å². The van der Waals surface area contributed by atoms with Gasteiger partial charge in [0.15, 0.2) is 0 Å². The molecule has 1 saturated carbocycles. The summed E-state index contributed by atoms with van der Waals surface area (Å²) in [6.07, 6.45) is 19.1. The van der Waals surface area contributed by atoms with Crippen LogP contribution < -0.4 is 0 Å². The standard InChI is InChI=1S/C16H30O.H2O/c17-16-14-12-10-8-6-4-2-1-3-5-7-9-11-13-15-16;/h1-15H2;1H2. The van der Waals surface area contributed by atoms with E-state index < -0.39 is 0 Å². The number of hydrogen-bond donors (Lipinski definition) is 0. The van der Waals surface area contributed by atoms with Gasteiger partial charge >= 0.3 is 0 Å². The van der Waals surface area contributed by atoms with Crippen molar-refractivity contribution in [2.45, 2.75) is 96.3 Å². The highest BCUT2D eigenvalue weighted by atomic mass is 16.1. The Kier molecular flexibility index (Phi) is 12.8. The van der Waals surface area contributed by atoms with Crippen LogP contribution >= 0.6 is 0 Å². The van der Waals surface area contributed by atoms with Gasteiger partial charge in [0.25, 0.3) is 0 Å². The molecule has 0 unspecified atom stereocenters. The molecule has 0 aromatic carbocycles. The number of ketones is 1. The second-order valence-corrected chi connectivity index (χ2v) is 5.63. The normalized spacial score (nSPS) is 22.1. The molecule has 0 saturated heterocycles. The Morgan fingerprint density at radius 1 is 0.444 bits per heavy atom. The third-order valence-corrected chi connectivity index (χ3v) is 3.91. The van der Waals surface area contributed by atoms with E-state index in [1.165, 1.54) is 70.6 Å². The molecule has 0 spiro atoms. The molecular formula is C16H32O2. The lowest BCUT2D eigenvalue weighted by atomic mass is 10.0. The van der Waals surface area contributed by atoms with Crippen molar-refractivity contribution in [3.63, 3.8) is 0 Å². The Hall–Kier alpha value is -0.370. The smallest absolute Gasteiger partial charge is 0.132 e. The summed E-state index contributed by atoms with van der Waals surface area (Å²) in [6, 6.07) is 0. The lowest BCUT2D eigenvalue weighted by Gasteiger charge is -2.05. The van der Waals surface area contributed by atoms with Gasteiger partial charge < -0.3 is 5.48 Å². The predicted octanol–water partition coefficient (Wildman–Crippen LogP) is 4.60. The molecule has 18 heavy (non-hydrogen) atoms. The second-order valence-electron chi connectivity index (χ2n) is 5.63. The molecule has 108 valence electrons.